The minimum absolute atomic E-state index is 0.531. The first-order chi connectivity index (χ1) is 5.29. The number of anilines is 1. The fourth-order valence-corrected chi connectivity index (χ4v) is 0.988. The lowest BCUT2D eigenvalue weighted by atomic mass is 10.2. The zero-order valence-electron chi connectivity index (χ0n) is 6.03. The van der Waals surface area contributed by atoms with Crippen molar-refractivity contribution < 1.29 is 4.52 Å². The molecule has 0 saturated heterocycles. The molecule has 0 amide bonds. The molecule has 56 valence electrons. The highest BCUT2D eigenvalue weighted by atomic mass is 16.5. The third-order valence-corrected chi connectivity index (χ3v) is 1.59. The molecular weight excluding hydrogens is 142 g/mol. The van der Waals surface area contributed by atoms with Crippen LogP contribution < -0.4 is 5.73 Å². The van der Waals surface area contributed by atoms with Crippen LogP contribution in [0.3, 0.4) is 0 Å². The number of fused-ring (bicyclic) bond motifs is 1. The maximum Gasteiger partial charge on any atom is 0.193 e. The summed E-state index contributed by atoms with van der Waals surface area (Å²) in [6.07, 6.45) is 3.24. The number of aromatic nitrogens is 2. The second kappa shape index (κ2) is 1.95. The van der Waals surface area contributed by atoms with Crippen LogP contribution in [0.2, 0.25) is 0 Å². The van der Waals surface area contributed by atoms with E-state index in [-0.39, 0.29) is 0 Å². The van der Waals surface area contributed by atoms with Crippen molar-refractivity contribution in [2.75, 3.05) is 5.73 Å². The molecule has 2 aromatic heterocycles. The topological polar surface area (TPSA) is 64.9 Å². The van der Waals surface area contributed by atoms with Crippen molar-refractivity contribution in [2.24, 2.45) is 0 Å². The maximum absolute atomic E-state index is 5.57. The molecule has 0 aliphatic carbocycles. The lowest BCUT2D eigenvalue weighted by Gasteiger charge is -1.89. The van der Waals surface area contributed by atoms with Gasteiger partial charge in [0.15, 0.2) is 5.58 Å². The van der Waals surface area contributed by atoms with Crippen molar-refractivity contribution in [1.29, 1.82) is 0 Å². The molecule has 0 fully saturated rings. The van der Waals surface area contributed by atoms with E-state index in [0.717, 1.165) is 11.1 Å². The molecule has 2 aromatic rings. The van der Waals surface area contributed by atoms with E-state index in [1.165, 1.54) is 0 Å². The number of pyridine rings is 1. The molecule has 0 unspecified atom stereocenters. The van der Waals surface area contributed by atoms with Crippen molar-refractivity contribution >= 4 is 16.7 Å². The first-order valence-electron chi connectivity index (χ1n) is 3.24. The molecule has 0 aliphatic heterocycles. The van der Waals surface area contributed by atoms with Gasteiger partial charge in [0, 0.05) is 6.20 Å². The summed E-state index contributed by atoms with van der Waals surface area (Å²) in [5.74, 6) is 0. The van der Waals surface area contributed by atoms with Crippen molar-refractivity contribution in [2.45, 2.75) is 6.92 Å². The van der Waals surface area contributed by atoms with Gasteiger partial charge in [-0.2, -0.15) is 0 Å². The smallest absolute Gasteiger partial charge is 0.193 e. The van der Waals surface area contributed by atoms with Gasteiger partial charge in [-0.25, -0.2) is 0 Å². The molecule has 0 aromatic carbocycles. The summed E-state index contributed by atoms with van der Waals surface area (Å²) >= 11 is 0. The SMILES string of the molecule is Cc1noc2c(N)cncc12. The van der Waals surface area contributed by atoms with E-state index >= 15 is 0 Å². The average molecular weight is 149 g/mol. The minimum atomic E-state index is 0.531. The molecule has 0 spiro atoms. The van der Waals surface area contributed by atoms with Crippen LogP contribution in [0.1, 0.15) is 5.69 Å². The first kappa shape index (κ1) is 6.15. The Morgan fingerprint density at radius 1 is 1.45 bits per heavy atom. The second-order valence-electron chi connectivity index (χ2n) is 2.37. The third-order valence-electron chi connectivity index (χ3n) is 1.59. The van der Waals surface area contributed by atoms with Crippen LogP contribution >= 0.6 is 0 Å². The number of nitrogens with zero attached hydrogens (tertiary/aromatic N) is 2. The zero-order chi connectivity index (χ0) is 7.84. The van der Waals surface area contributed by atoms with Crippen LogP contribution in [0.25, 0.3) is 11.0 Å². The molecule has 0 atom stereocenters. The van der Waals surface area contributed by atoms with E-state index in [0.29, 0.717) is 11.3 Å². The van der Waals surface area contributed by atoms with E-state index in [4.69, 9.17) is 10.3 Å². The molecule has 2 rings (SSSR count). The Morgan fingerprint density at radius 3 is 3.00 bits per heavy atom. The van der Waals surface area contributed by atoms with Gasteiger partial charge in [-0.1, -0.05) is 5.16 Å². The molecule has 2 heterocycles. The van der Waals surface area contributed by atoms with E-state index in [9.17, 15) is 0 Å². The summed E-state index contributed by atoms with van der Waals surface area (Å²) in [5.41, 5.74) is 7.55. The van der Waals surface area contributed by atoms with Crippen molar-refractivity contribution in [3.63, 3.8) is 0 Å². The van der Waals surface area contributed by atoms with Gasteiger partial charge in [-0.05, 0) is 6.92 Å². The normalized spacial score (nSPS) is 10.6. The minimum Gasteiger partial charge on any atom is -0.394 e. The number of aryl methyl sites for hydroxylation is 1. The summed E-state index contributed by atoms with van der Waals surface area (Å²) < 4.78 is 4.96. The third kappa shape index (κ3) is 0.756. The maximum atomic E-state index is 5.57. The fraction of sp³-hybridized carbons (Fsp3) is 0.143. The monoisotopic (exact) mass is 149 g/mol. The van der Waals surface area contributed by atoms with E-state index in [1.807, 2.05) is 6.92 Å². The Kier molecular flexibility index (Phi) is 1.09. The lowest BCUT2D eigenvalue weighted by molar-refractivity contribution is 0.451. The van der Waals surface area contributed by atoms with Crippen LogP contribution in [-0.2, 0) is 0 Å². The molecule has 0 radical (unpaired) electrons. The Morgan fingerprint density at radius 2 is 2.27 bits per heavy atom. The number of nitrogen functional groups attached to an aromatic ring is 1. The fourth-order valence-electron chi connectivity index (χ4n) is 0.988. The van der Waals surface area contributed by atoms with Gasteiger partial charge in [0.1, 0.15) is 0 Å². The van der Waals surface area contributed by atoms with Crippen LogP contribution in [-0.4, -0.2) is 10.1 Å². The summed E-state index contributed by atoms with van der Waals surface area (Å²) in [4.78, 5) is 3.92. The van der Waals surface area contributed by atoms with Crippen molar-refractivity contribution in [3.8, 4) is 0 Å². The van der Waals surface area contributed by atoms with Gasteiger partial charge in [-0.15, -0.1) is 0 Å². The van der Waals surface area contributed by atoms with Crippen molar-refractivity contribution in [1.82, 2.24) is 10.1 Å². The van der Waals surface area contributed by atoms with Crippen LogP contribution in [0.5, 0.6) is 0 Å². The zero-order valence-corrected chi connectivity index (χ0v) is 6.03. The Hall–Kier alpha value is -1.58. The molecule has 11 heavy (non-hydrogen) atoms. The highest BCUT2D eigenvalue weighted by Crippen LogP contribution is 2.21. The Balaban J connectivity index is 2.94. The molecule has 2 N–H and O–H groups in total. The first-order valence-corrected chi connectivity index (χ1v) is 3.24. The van der Waals surface area contributed by atoms with Gasteiger partial charge in [0.2, 0.25) is 0 Å². The molecule has 0 saturated carbocycles. The van der Waals surface area contributed by atoms with E-state index in [2.05, 4.69) is 10.1 Å². The van der Waals surface area contributed by atoms with E-state index < -0.39 is 0 Å². The van der Waals surface area contributed by atoms with Gasteiger partial charge in [0.25, 0.3) is 0 Å². The van der Waals surface area contributed by atoms with Crippen LogP contribution in [0, 0.1) is 6.92 Å². The summed E-state index contributed by atoms with van der Waals surface area (Å²) in [6, 6.07) is 0. The van der Waals surface area contributed by atoms with Gasteiger partial charge in [0.05, 0.1) is 23.0 Å². The standard InChI is InChI=1S/C7H7N3O/c1-4-5-2-9-3-6(8)7(5)11-10-4/h2-3H,8H2,1H3. The van der Waals surface area contributed by atoms with Crippen molar-refractivity contribution in [3.05, 3.63) is 18.1 Å². The number of rotatable bonds is 0. The number of nitrogens with two attached hydrogens (primary N) is 1. The Bertz CT molecular complexity index is 393. The molecule has 4 nitrogen and oxygen atoms in total. The quantitative estimate of drug-likeness (QED) is 0.609. The lowest BCUT2D eigenvalue weighted by Crippen LogP contribution is -1.85. The molecule has 0 bridgehead atoms. The van der Waals surface area contributed by atoms with Gasteiger partial charge in [-0.3, -0.25) is 4.98 Å². The molecular formula is C7H7N3O. The second-order valence-corrected chi connectivity index (χ2v) is 2.37. The highest BCUT2D eigenvalue weighted by molar-refractivity contribution is 5.87. The van der Waals surface area contributed by atoms with Gasteiger partial charge >= 0.3 is 0 Å². The largest absolute Gasteiger partial charge is 0.394 e. The van der Waals surface area contributed by atoms with Gasteiger partial charge < -0.3 is 10.3 Å². The summed E-state index contributed by atoms with van der Waals surface area (Å²) in [5, 5.41) is 4.64. The van der Waals surface area contributed by atoms with E-state index in [1.54, 1.807) is 12.4 Å². The number of hydrogen-bond donors (Lipinski definition) is 1. The Labute approximate surface area is 63.0 Å². The highest BCUT2D eigenvalue weighted by Gasteiger charge is 2.05. The predicted molar refractivity (Wildman–Crippen MR) is 41.0 cm³/mol. The summed E-state index contributed by atoms with van der Waals surface area (Å²) in [6.45, 7) is 1.85. The number of hydrogen-bond acceptors (Lipinski definition) is 4. The summed E-state index contributed by atoms with van der Waals surface area (Å²) in [7, 11) is 0. The molecule has 4 heteroatoms. The average Bonchev–Trinajstić information content (AvgIpc) is 2.35. The predicted octanol–water partition coefficient (Wildman–Crippen LogP) is 1.11. The van der Waals surface area contributed by atoms with Crippen LogP contribution in [0.15, 0.2) is 16.9 Å². The van der Waals surface area contributed by atoms with Crippen LogP contribution in [0.4, 0.5) is 5.69 Å². The molecule has 0 aliphatic rings.